The molecule has 30 heavy (non-hydrogen) atoms. The highest BCUT2D eigenvalue weighted by Gasteiger charge is 2.29. The van der Waals surface area contributed by atoms with E-state index in [1.165, 1.54) is 0 Å². The minimum atomic E-state index is -3.43. The average molecular weight is 433 g/mol. The van der Waals surface area contributed by atoms with Gasteiger partial charge in [-0.1, -0.05) is 25.1 Å². The van der Waals surface area contributed by atoms with Gasteiger partial charge in [-0.25, -0.2) is 8.42 Å². The number of aliphatic imine (C=N–C) groups is 1. The summed E-state index contributed by atoms with van der Waals surface area (Å²) in [4.78, 5) is 20.8. The minimum Gasteiger partial charge on any atom is -0.352 e. The summed E-state index contributed by atoms with van der Waals surface area (Å²) in [6.45, 7) is 3.18. The SMILES string of the molecule is CCC(CS(=O)(=O)c1ccccc1)NC(=NC)N1CCN(c2cnn(C)c2)C(=O)C1. The van der Waals surface area contributed by atoms with Crippen LogP contribution in [0.1, 0.15) is 13.3 Å². The van der Waals surface area contributed by atoms with Gasteiger partial charge < -0.3 is 15.1 Å². The molecule has 1 N–H and O–H groups in total. The Morgan fingerprint density at radius 3 is 2.57 bits per heavy atom. The van der Waals surface area contributed by atoms with Crippen LogP contribution in [-0.4, -0.2) is 73.4 Å². The lowest BCUT2D eigenvalue weighted by Crippen LogP contribution is -2.57. The van der Waals surface area contributed by atoms with E-state index in [1.54, 1.807) is 53.2 Å². The van der Waals surface area contributed by atoms with Crippen molar-refractivity contribution in [2.45, 2.75) is 24.3 Å². The van der Waals surface area contributed by atoms with Crippen LogP contribution < -0.4 is 10.2 Å². The minimum absolute atomic E-state index is 0.0455. The van der Waals surface area contributed by atoms with Crippen molar-refractivity contribution in [2.75, 3.05) is 37.3 Å². The molecular weight excluding hydrogens is 404 g/mol. The smallest absolute Gasteiger partial charge is 0.246 e. The van der Waals surface area contributed by atoms with Gasteiger partial charge in [-0.05, 0) is 18.6 Å². The van der Waals surface area contributed by atoms with E-state index in [9.17, 15) is 13.2 Å². The Kier molecular flexibility index (Phi) is 6.76. The molecule has 1 atom stereocenters. The topological polar surface area (TPSA) is 99.9 Å². The number of nitrogens with one attached hydrogen (secondary N) is 1. The molecule has 0 aliphatic carbocycles. The zero-order valence-corrected chi connectivity index (χ0v) is 18.3. The van der Waals surface area contributed by atoms with E-state index in [4.69, 9.17) is 0 Å². The summed E-state index contributed by atoms with van der Waals surface area (Å²) in [6, 6.07) is 8.11. The van der Waals surface area contributed by atoms with E-state index in [0.29, 0.717) is 30.4 Å². The third-order valence-electron chi connectivity index (χ3n) is 5.08. The third kappa shape index (κ3) is 4.99. The Morgan fingerprint density at radius 2 is 2.00 bits per heavy atom. The van der Waals surface area contributed by atoms with E-state index in [-0.39, 0.29) is 24.2 Å². The molecule has 0 bridgehead atoms. The first-order chi connectivity index (χ1) is 14.3. The van der Waals surface area contributed by atoms with Crippen LogP contribution in [0.25, 0.3) is 0 Å². The quantitative estimate of drug-likeness (QED) is 0.538. The second-order valence-corrected chi connectivity index (χ2v) is 9.26. The number of amides is 1. The molecular formula is C20H28N6O3S. The molecule has 1 unspecified atom stereocenters. The highest BCUT2D eigenvalue weighted by atomic mass is 32.2. The molecule has 0 radical (unpaired) electrons. The number of aromatic nitrogens is 2. The molecule has 1 saturated heterocycles. The van der Waals surface area contributed by atoms with Gasteiger partial charge in [0.15, 0.2) is 15.8 Å². The molecule has 1 aliphatic heterocycles. The first-order valence-corrected chi connectivity index (χ1v) is 11.5. The molecule has 1 aromatic heterocycles. The standard InChI is InChI=1S/C20H28N6O3S/c1-4-16(15-30(28,29)18-8-6-5-7-9-18)23-20(21-2)25-10-11-26(19(27)14-25)17-12-22-24(3)13-17/h5-9,12-13,16H,4,10-11,14-15H2,1-3H3,(H,21,23). The van der Waals surface area contributed by atoms with Crippen LogP contribution in [0, 0.1) is 0 Å². The molecule has 3 rings (SSSR count). The van der Waals surface area contributed by atoms with Crippen LogP contribution in [0.3, 0.4) is 0 Å². The number of nitrogens with zero attached hydrogens (tertiary/aromatic N) is 5. The van der Waals surface area contributed by atoms with Crippen molar-refractivity contribution in [3.63, 3.8) is 0 Å². The second-order valence-electron chi connectivity index (χ2n) is 7.23. The van der Waals surface area contributed by atoms with E-state index in [0.717, 1.165) is 5.69 Å². The maximum atomic E-state index is 12.7. The van der Waals surface area contributed by atoms with Gasteiger partial charge in [-0.3, -0.25) is 14.5 Å². The van der Waals surface area contributed by atoms with Gasteiger partial charge in [0.1, 0.15) is 6.54 Å². The summed E-state index contributed by atoms with van der Waals surface area (Å²) in [5.41, 5.74) is 0.769. The summed E-state index contributed by atoms with van der Waals surface area (Å²) in [5, 5.41) is 7.36. The van der Waals surface area contributed by atoms with E-state index in [2.05, 4.69) is 15.4 Å². The number of benzene rings is 1. The van der Waals surface area contributed by atoms with Crippen molar-refractivity contribution in [1.29, 1.82) is 0 Å². The zero-order chi connectivity index (χ0) is 21.7. The predicted octanol–water partition coefficient (Wildman–Crippen LogP) is 0.897. The number of rotatable bonds is 6. The van der Waals surface area contributed by atoms with Crippen molar-refractivity contribution < 1.29 is 13.2 Å². The Labute approximate surface area is 177 Å². The van der Waals surface area contributed by atoms with E-state index >= 15 is 0 Å². The van der Waals surface area contributed by atoms with Crippen molar-refractivity contribution >= 4 is 27.4 Å². The van der Waals surface area contributed by atoms with Gasteiger partial charge in [0.25, 0.3) is 0 Å². The maximum absolute atomic E-state index is 12.7. The van der Waals surface area contributed by atoms with E-state index in [1.807, 2.05) is 25.1 Å². The lowest BCUT2D eigenvalue weighted by molar-refractivity contribution is -0.120. The molecule has 10 heteroatoms. The molecule has 0 saturated carbocycles. The number of carbonyl (C=O) groups is 1. The van der Waals surface area contributed by atoms with Gasteiger partial charge >= 0.3 is 0 Å². The number of piperazine rings is 1. The monoisotopic (exact) mass is 432 g/mol. The highest BCUT2D eigenvalue weighted by molar-refractivity contribution is 7.91. The number of carbonyl (C=O) groups excluding carboxylic acids is 1. The van der Waals surface area contributed by atoms with Crippen molar-refractivity contribution in [2.24, 2.45) is 12.0 Å². The van der Waals surface area contributed by atoms with Crippen molar-refractivity contribution in [3.05, 3.63) is 42.7 Å². The number of hydrogen-bond acceptors (Lipinski definition) is 5. The van der Waals surface area contributed by atoms with Crippen LogP contribution in [0.2, 0.25) is 0 Å². The van der Waals surface area contributed by atoms with E-state index < -0.39 is 9.84 Å². The highest BCUT2D eigenvalue weighted by Crippen LogP contribution is 2.17. The molecule has 1 aromatic carbocycles. The Balaban J connectivity index is 1.65. The second kappa shape index (κ2) is 9.29. The Bertz CT molecular complexity index is 1000. The number of aryl methyl sites for hydroxylation is 1. The molecule has 2 aromatic rings. The lowest BCUT2D eigenvalue weighted by Gasteiger charge is -2.36. The summed E-state index contributed by atoms with van der Waals surface area (Å²) in [7, 11) is 0.0176. The lowest BCUT2D eigenvalue weighted by atomic mass is 10.2. The van der Waals surface area contributed by atoms with Crippen molar-refractivity contribution in [3.8, 4) is 0 Å². The number of sulfone groups is 1. The number of anilines is 1. The third-order valence-corrected chi connectivity index (χ3v) is 6.92. The predicted molar refractivity (Wildman–Crippen MR) is 116 cm³/mol. The van der Waals surface area contributed by atoms with Crippen LogP contribution in [0.4, 0.5) is 5.69 Å². The molecule has 9 nitrogen and oxygen atoms in total. The van der Waals surface area contributed by atoms with Crippen LogP contribution in [0.15, 0.2) is 52.6 Å². The summed E-state index contributed by atoms with van der Waals surface area (Å²) >= 11 is 0. The Hall–Kier alpha value is -2.88. The van der Waals surface area contributed by atoms with Crippen molar-refractivity contribution in [1.82, 2.24) is 20.0 Å². The summed E-state index contributed by atoms with van der Waals surface area (Å²) in [5.74, 6) is 0.433. The summed E-state index contributed by atoms with van der Waals surface area (Å²) < 4.78 is 27.1. The largest absolute Gasteiger partial charge is 0.352 e. The van der Waals surface area contributed by atoms with Crippen LogP contribution >= 0.6 is 0 Å². The fourth-order valence-corrected chi connectivity index (χ4v) is 5.02. The molecule has 1 amide bonds. The summed E-state index contributed by atoms with van der Waals surface area (Å²) in [6.07, 6.45) is 4.08. The number of guanidine groups is 1. The van der Waals surface area contributed by atoms with Gasteiger partial charge in [0.2, 0.25) is 5.91 Å². The first-order valence-electron chi connectivity index (χ1n) is 9.89. The maximum Gasteiger partial charge on any atom is 0.246 e. The van der Waals surface area contributed by atoms with Gasteiger partial charge in [0, 0.05) is 39.4 Å². The molecule has 1 aliphatic rings. The zero-order valence-electron chi connectivity index (χ0n) is 17.5. The molecule has 2 heterocycles. The molecule has 0 spiro atoms. The van der Waals surface area contributed by atoms with Crippen LogP contribution in [-0.2, 0) is 21.7 Å². The van der Waals surface area contributed by atoms with Crippen LogP contribution in [0.5, 0.6) is 0 Å². The Morgan fingerprint density at radius 1 is 1.27 bits per heavy atom. The number of hydrogen-bond donors (Lipinski definition) is 1. The molecule has 162 valence electrons. The van der Waals surface area contributed by atoms with Gasteiger partial charge in [-0.2, -0.15) is 5.10 Å². The fourth-order valence-electron chi connectivity index (χ4n) is 3.40. The average Bonchev–Trinajstić information content (AvgIpc) is 3.17. The van der Waals surface area contributed by atoms with Gasteiger partial charge in [-0.15, -0.1) is 0 Å². The first kappa shape index (κ1) is 21.8. The fraction of sp³-hybridized carbons (Fsp3) is 0.450. The molecule has 1 fully saturated rings. The van der Waals surface area contributed by atoms with Gasteiger partial charge in [0.05, 0.1) is 22.5 Å². The normalized spacial score (nSPS) is 16.6.